The summed E-state index contributed by atoms with van der Waals surface area (Å²) in [5, 5.41) is 5.23. The van der Waals surface area contributed by atoms with Gasteiger partial charge in [0.25, 0.3) is 0 Å². The Morgan fingerprint density at radius 2 is 2.29 bits per heavy atom. The Bertz CT molecular complexity index is 270. The van der Waals surface area contributed by atoms with E-state index >= 15 is 0 Å². The summed E-state index contributed by atoms with van der Waals surface area (Å²) in [6.07, 6.45) is 0.699. The van der Waals surface area contributed by atoms with Crippen molar-refractivity contribution >= 4 is 27.5 Å². The number of hydrogen-bond acceptors (Lipinski definition) is 3. The van der Waals surface area contributed by atoms with Crippen molar-refractivity contribution in [2.75, 3.05) is 25.6 Å². The van der Waals surface area contributed by atoms with Crippen molar-refractivity contribution in [1.29, 1.82) is 0 Å². The Kier molecular flexibility index (Phi) is 3.82. The van der Waals surface area contributed by atoms with Crippen LogP contribution in [0.5, 0.6) is 0 Å². The van der Waals surface area contributed by atoms with Gasteiger partial charge in [0.2, 0.25) is 10.2 Å². The van der Waals surface area contributed by atoms with E-state index < -0.39 is 10.2 Å². The summed E-state index contributed by atoms with van der Waals surface area (Å²) >= 11 is 5.00. The Labute approximate surface area is 90.5 Å². The van der Waals surface area contributed by atoms with E-state index in [0.717, 1.165) is 0 Å². The predicted molar refractivity (Wildman–Crippen MR) is 61.4 cm³/mol. The van der Waals surface area contributed by atoms with Crippen LogP contribution in [0.15, 0.2) is 0 Å². The SMILES string of the molecule is CN(C)NC(=S)N[C@H]1CC[S+](=O)(O)C1. The van der Waals surface area contributed by atoms with Crippen LogP contribution >= 0.6 is 12.2 Å². The molecule has 1 saturated heterocycles. The molecule has 0 saturated carbocycles. The number of rotatable bonds is 2. The normalized spacial score (nSPS) is 31.9. The molecule has 1 aliphatic rings. The third-order valence-electron chi connectivity index (χ3n) is 1.91. The topological polar surface area (TPSA) is 64.6 Å². The smallest absolute Gasteiger partial charge is 0.216 e. The maximum atomic E-state index is 11.2. The molecule has 1 fully saturated rings. The highest BCUT2D eigenvalue weighted by molar-refractivity contribution is 7.98. The summed E-state index contributed by atoms with van der Waals surface area (Å²) in [6, 6.07) is 0.0208. The molecule has 0 radical (unpaired) electrons. The van der Waals surface area contributed by atoms with E-state index in [2.05, 4.69) is 10.7 Å². The molecule has 0 amide bonds. The fourth-order valence-corrected chi connectivity index (χ4v) is 3.39. The van der Waals surface area contributed by atoms with E-state index in [1.807, 2.05) is 14.1 Å². The molecule has 7 heteroatoms. The molecule has 2 atom stereocenters. The standard InChI is InChI=1S/C7H15N3O2S2/c1-10(2)9-7(13)8-6-3-4-14(11,12)5-6/h6H,3-5H2,1-2H3,(H2-,8,9,11,12,13)/p+1/t6-/m0/s1. The summed E-state index contributed by atoms with van der Waals surface area (Å²) in [5.74, 6) is 0.664. The fourth-order valence-electron chi connectivity index (χ4n) is 1.34. The second-order valence-electron chi connectivity index (χ2n) is 3.61. The summed E-state index contributed by atoms with van der Waals surface area (Å²) < 4.78 is 20.5. The van der Waals surface area contributed by atoms with Crippen LogP contribution in [0.25, 0.3) is 0 Å². The molecule has 0 aromatic rings. The van der Waals surface area contributed by atoms with Gasteiger partial charge in [-0.3, -0.25) is 5.43 Å². The van der Waals surface area contributed by atoms with Crippen molar-refractivity contribution in [1.82, 2.24) is 15.8 Å². The zero-order valence-corrected chi connectivity index (χ0v) is 9.95. The van der Waals surface area contributed by atoms with Crippen molar-refractivity contribution in [3.05, 3.63) is 0 Å². The Hall–Kier alpha value is -0.240. The number of nitrogens with zero attached hydrogens (tertiary/aromatic N) is 1. The van der Waals surface area contributed by atoms with Gasteiger partial charge in [-0.2, -0.15) is 4.55 Å². The highest BCUT2D eigenvalue weighted by Gasteiger charge is 2.38. The van der Waals surface area contributed by atoms with Crippen molar-refractivity contribution in [2.24, 2.45) is 0 Å². The maximum absolute atomic E-state index is 11.2. The van der Waals surface area contributed by atoms with Crippen LogP contribution in [0.4, 0.5) is 0 Å². The maximum Gasteiger partial charge on any atom is 0.216 e. The van der Waals surface area contributed by atoms with Gasteiger partial charge in [0, 0.05) is 20.5 Å². The highest BCUT2D eigenvalue weighted by Crippen LogP contribution is 2.16. The average Bonchev–Trinajstić information content (AvgIpc) is 2.27. The van der Waals surface area contributed by atoms with E-state index in [9.17, 15) is 8.76 Å². The number of thiocarbonyl (C=S) groups is 1. The molecule has 0 aliphatic carbocycles. The van der Waals surface area contributed by atoms with E-state index in [0.29, 0.717) is 23.0 Å². The lowest BCUT2D eigenvalue weighted by molar-refractivity contribution is 0.357. The third-order valence-corrected chi connectivity index (χ3v) is 3.91. The number of hydrogen-bond donors (Lipinski definition) is 3. The first-order chi connectivity index (χ1) is 6.39. The summed E-state index contributed by atoms with van der Waals surface area (Å²) in [4.78, 5) is 0. The van der Waals surface area contributed by atoms with Crippen molar-refractivity contribution < 1.29 is 8.76 Å². The minimum Gasteiger partial charge on any atom is -0.354 e. The van der Waals surface area contributed by atoms with E-state index in [1.54, 1.807) is 5.01 Å². The lowest BCUT2D eigenvalue weighted by atomic mass is 10.3. The van der Waals surface area contributed by atoms with Gasteiger partial charge in [-0.05, 0) is 12.2 Å². The molecule has 82 valence electrons. The van der Waals surface area contributed by atoms with Gasteiger partial charge in [0.05, 0.1) is 6.04 Å². The number of nitrogens with one attached hydrogen (secondary N) is 2. The van der Waals surface area contributed by atoms with Gasteiger partial charge < -0.3 is 5.32 Å². The van der Waals surface area contributed by atoms with Gasteiger partial charge >= 0.3 is 0 Å². The molecule has 1 rings (SSSR count). The second-order valence-corrected chi connectivity index (χ2v) is 6.30. The predicted octanol–water partition coefficient (Wildman–Crippen LogP) is -0.328. The van der Waals surface area contributed by atoms with Crippen LogP contribution in [0.3, 0.4) is 0 Å². The minimum absolute atomic E-state index is 0.0208. The lowest BCUT2D eigenvalue weighted by Gasteiger charge is -2.17. The zero-order valence-electron chi connectivity index (χ0n) is 8.32. The molecule has 5 nitrogen and oxygen atoms in total. The molecule has 3 N–H and O–H groups in total. The first-order valence-corrected chi connectivity index (χ1v) is 6.62. The summed E-state index contributed by atoms with van der Waals surface area (Å²) in [6.45, 7) is 0. The van der Waals surface area contributed by atoms with Gasteiger partial charge in [0.1, 0.15) is 5.75 Å². The quantitative estimate of drug-likeness (QED) is 0.348. The van der Waals surface area contributed by atoms with Crippen molar-refractivity contribution in [3.8, 4) is 0 Å². The molecule has 14 heavy (non-hydrogen) atoms. The summed E-state index contributed by atoms with van der Waals surface area (Å²) in [7, 11) is 1.08. The second kappa shape index (κ2) is 4.52. The van der Waals surface area contributed by atoms with Crippen molar-refractivity contribution in [2.45, 2.75) is 12.5 Å². The Morgan fingerprint density at radius 1 is 1.64 bits per heavy atom. The van der Waals surface area contributed by atoms with Gasteiger partial charge in [-0.25, -0.2) is 5.01 Å². The number of hydrazine groups is 1. The molecule has 0 aromatic heterocycles. The molecule has 1 unspecified atom stereocenters. The minimum atomic E-state index is -2.58. The van der Waals surface area contributed by atoms with Crippen LogP contribution in [0, 0.1) is 0 Å². The van der Waals surface area contributed by atoms with Crippen LogP contribution in [-0.2, 0) is 14.4 Å². The molecule has 1 aliphatic heterocycles. The molecular formula is C7H16N3O2S2+. The third kappa shape index (κ3) is 3.87. The first-order valence-electron chi connectivity index (χ1n) is 4.35. The van der Waals surface area contributed by atoms with Crippen LogP contribution in [0.1, 0.15) is 6.42 Å². The highest BCUT2D eigenvalue weighted by atomic mass is 32.3. The van der Waals surface area contributed by atoms with Crippen molar-refractivity contribution in [3.63, 3.8) is 0 Å². The molecule has 1 heterocycles. The van der Waals surface area contributed by atoms with Crippen LogP contribution < -0.4 is 10.7 Å². The Balaban J connectivity index is 2.33. The Morgan fingerprint density at radius 3 is 2.71 bits per heavy atom. The van der Waals surface area contributed by atoms with Crippen LogP contribution in [0.2, 0.25) is 0 Å². The largest absolute Gasteiger partial charge is 0.354 e. The lowest BCUT2D eigenvalue weighted by Crippen LogP contribution is -2.47. The molecule has 0 spiro atoms. The average molecular weight is 238 g/mol. The van der Waals surface area contributed by atoms with E-state index in [1.165, 1.54) is 0 Å². The molecule has 0 aromatic carbocycles. The van der Waals surface area contributed by atoms with Crippen LogP contribution in [-0.4, -0.2) is 46.3 Å². The fraction of sp³-hybridized carbons (Fsp3) is 0.857. The zero-order chi connectivity index (χ0) is 10.8. The first kappa shape index (κ1) is 11.8. The van der Waals surface area contributed by atoms with E-state index in [-0.39, 0.29) is 6.04 Å². The monoisotopic (exact) mass is 238 g/mol. The molecule has 0 bridgehead atoms. The van der Waals surface area contributed by atoms with Gasteiger partial charge in [-0.15, -0.1) is 0 Å². The van der Waals surface area contributed by atoms with Gasteiger partial charge in [-0.1, -0.05) is 4.21 Å². The van der Waals surface area contributed by atoms with E-state index in [4.69, 9.17) is 12.2 Å². The molecular weight excluding hydrogens is 222 g/mol. The van der Waals surface area contributed by atoms with Gasteiger partial charge in [0.15, 0.2) is 10.9 Å². The summed E-state index contributed by atoms with van der Waals surface area (Å²) in [5.41, 5.74) is 2.88.